The molecular formula is C15H12ClN3O2. The van der Waals surface area contributed by atoms with Crippen molar-refractivity contribution in [2.75, 3.05) is 0 Å². The van der Waals surface area contributed by atoms with E-state index in [1.165, 1.54) is 12.3 Å². The van der Waals surface area contributed by atoms with Gasteiger partial charge >= 0.3 is 5.97 Å². The molecule has 0 amide bonds. The van der Waals surface area contributed by atoms with E-state index in [9.17, 15) is 4.79 Å². The summed E-state index contributed by atoms with van der Waals surface area (Å²) in [5, 5.41) is 15.2. The number of rotatable bonds is 3. The second-order valence-corrected chi connectivity index (χ2v) is 5.20. The molecule has 6 heteroatoms. The van der Waals surface area contributed by atoms with Crippen LogP contribution in [0.4, 0.5) is 0 Å². The molecule has 106 valence electrons. The molecule has 0 unspecified atom stereocenters. The van der Waals surface area contributed by atoms with E-state index >= 15 is 0 Å². The molecule has 0 radical (unpaired) electrons. The van der Waals surface area contributed by atoms with Gasteiger partial charge in [0.1, 0.15) is 0 Å². The highest BCUT2D eigenvalue weighted by Gasteiger charge is 2.12. The maximum atomic E-state index is 11.1. The largest absolute Gasteiger partial charge is 0.478 e. The summed E-state index contributed by atoms with van der Waals surface area (Å²) in [7, 11) is 0. The molecule has 0 saturated carbocycles. The maximum absolute atomic E-state index is 11.1. The van der Waals surface area contributed by atoms with Crippen LogP contribution in [0.5, 0.6) is 0 Å². The van der Waals surface area contributed by atoms with E-state index in [1.807, 2.05) is 18.3 Å². The van der Waals surface area contributed by atoms with Crippen LogP contribution in [-0.4, -0.2) is 25.8 Å². The summed E-state index contributed by atoms with van der Waals surface area (Å²) in [6.07, 6.45) is 3.38. The zero-order valence-corrected chi connectivity index (χ0v) is 12.0. The molecule has 0 atom stereocenters. The Morgan fingerprint density at radius 1 is 1.38 bits per heavy atom. The van der Waals surface area contributed by atoms with Crippen molar-refractivity contribution in [3.05, 3.63) is 58.5 Å². The number of hydrogen-bond donors (Lipinski definition) is 1. The van der Waals surface area contributed by atoms with E-state index in [0.29, 0.717) is 22.8 Å². The van der Waals surface area contributed by atoms with Crippen LogP contribution < -0.4 is 0 Å². The summed E-state index contributed by atoms with van der Waals surface area (Å²) in [6.45, 7) is 2.17. The minimum Gasteiger partial charge on any atom is -0.478 e. The standard InChI is InChI=1S/C15H12ClN3O2/c1-9-12(15(20)21)4-5-17-14(9)8-19-7-10-6-11(16)2-3-13(10)18-19/h2-7H,8H2,1H3,(H,20,21). The van der Waals surface area contributed by atoms with Gasteiger partial charge in [-0.15, -0.1) is 0 Å². The molecule has 1 N–H and O–H groups in total. The van der Waals surface area contributed by atoms with Crippen LogP contribution in [0, 0.1) is 6.92 Å². The first-order chi connectivity index (χ1) is 10.0. The molecule has 3 rings (SSSR count). The normalized spacial score (nSPS) is 11.0. The van der Waals surface area contributed by atoms with Gasteiger partial charge in [-0.3, -0.25) is 9.67 Å². The summed E-state index contributed by atoms with van der Waals surface area (Å²) in [5.74, 6) is -0.950. The zero-order chi connectivity index (χ0) is 15.0. The number of aromatic carboxylic acids is 1. The van der Waals surface area contributed by atoms with E-state index in [4.69, 9.17) is 16.7 Å². The van der Waals surface area contributed by atoms with Crippen LogP contribution >= 0.6 is 11.6 Å². The van der Waals surface area contributed by atoms with Gasteiger partial charge in [-0.2, -0.15) is 5.10 Å². The molecule has 0 aliphatic rings. The van der Waals surface area contributed by atoms with Crippen molar-refractivity contribution >= 4 is 28.5 Å². The highest BCUT2D eigenvalue weighted by atomic mass is 35.5. The molecule has 5 nitrogen and oxygen atoms in total. The summed E-state index contributed by atoms with van der Waals surface area (Å²) in [6, 6.07) is 6.98. The third-order valence-electron chi connectivity index (χ3n) is 3.36. The van der Waals surface area contributed by atoms with Crippen molar-refractivity contribution in [1.29, 1.82) is 0 Å². The van der Waals surface area contributed by atoms with Crippen LogP contribution in [0.2, 0.25) is 5.02 Å². The van der Waals surface area contributed by atoms with Gasteiger partial charge in [-0.25, -0.2) is 4.79 Å². The van der Waals surface area contributed by atoms with Crippen LogP contribution in [-0.2, 0) is 6.54 Å². The van der Waals surface area contributed by atoms with Gasteiger partial charge in [-0.05, 0) is 36.8 Å². The Hall–Kier alpha value is -2.40. The predicted molar refractivity (Wildman–Crippen MR) is 79.8 cm³/mol. The number of aromatic nitrogens is 3. The molecule has 2 aromatic heterocycles. The lowest BCUT2D eigenvalue weighted by atomic mass is 10.1. The van der Waals surface area contributed by atoms with Gasteiger partial charge in [0.05, 0.1) is 23.3 Å². The van der Waals surface area contributed by atoms with Gasteiger partial charge < -0.3 is 5.11 Å². The van der Waals surface area contributed by atoms with Crippen molar-refractivity contribution in [3.63, 3.8) is 0 Å². The first kappa shape index (κ1) is 13.6. The third-order valence-corrected chi connectivity index (χ3v) is 3.60. The Morgan fingerprint density at radius 2 is 2.19 bits per heavy atom. The SMILES string of the molecule is Cc1c(C(=O)O)ccnc1Cn1cc2cc(Cl)ccc2n1. The number of halogens is 1. The number of carboxylic acid groups (broad SMARTS) is 1. The first-order valence-corrected chi connectivity index (χ1v) is 6.73. The minimum atomic E-state index is -0.950. The van der Waals surface area contributed by atoms with E-state index in [0.717, 1.165) is 10.9 Å². The molecule has 0 aliphatic carbocycles. The van der Waals surface area contributed by atoms with Crippen molar-refractivity contribution in [2.45, 2.75) is 13.5 Å². The fourth-order valence-corrected chi connectivity index (χ4v) is 2.43. The van der Waals surface area contributed by atoms with E-state index in [-0.39, 0.29) is 5.56 Å². The average molecular weight is 302 g/mol. The molecule has 1 aromatic carbocycles. The van der Waals surface area contributed by atoms with Crippen molar-refractivity contribution in [2.24, 2.45) is 0 Å². The quantitative estimate of drug-likeness (QED) is 0.807. The fraction of sp³-hybridized carbons (Fsp3) is 0.133. The van der Waals surface area contributed by atoms with Gasteiger partial charge in [0.15, 0.2) is 0 Å². The molecule has 0 fully saturated rings. The Labute approximate surface area is 125 Å². The summed E-state index contributed by atoms with van der Waals surface area (Å²) in [4.78, 5) is 15.4. The summed E-state index contributed by atoms with van der Waals surface area (Å²) >= 11 is 5.95. The Morgan fingerprint density at radius 3 is 2.95 bits per heavy atom. The molecule has 2 heterocycles. The van der Waals surface area contributed by atoms with E-state index in [2.05, 4.69) is 10.1 Å². The predicted octanol–water partition coefficient (Wildman–Crippen LogP) is 3.14. The molecule has 0 aliphatic heterocycles. The van der Waals surface area contributed by atoms with Gasteiger partial charge in [0.2, 0.25) is 0 Å². The molecule has 0 saturated heterocycles. The van der Waals surface area contributed by atoms with Crippen LogP contribution in [0.3, 0.4) is 0 Å². The number of carboxylic acids is 1. The maximum Gasteiger partial charge on any atom is 0.336 e. The Balaban J connectivity index is 1.98. The van der Waals surface area contributed by atoms with E-state index < -0.39 is 5.97 Å². The average Bonchev–Trinajstić information content (AvgIpc) is 2.82. The smallest absolute Gasteiger partial charge is 0.336 e. The van der Waals surface area contributed by atoms with Crippen LogP contribution in [0.25, 0.3) is 10.9 Å². The first-order valence-electron chi connectivity index (χ1n) is 6.35. The number of hydrogen-bond acceptors (Lipinski definition) is 3. The summed E-state index contributed by atoms with van der Waals surface area (Å²) < 4.78 is 1.74. The monoisotopic (exact) mass is 301 g/mol. The summed E-state index contributed by atoms with van der Waals surface area (Å²) in [5.41, 5.74) is 2.45. The zero-order valence-electron chi connectivity index (χ0n) is 11.2. The molecule has 0 bridgehead atoms. The second kappa shape index (κ2) is 5.18. The number of pyridine rings is 1. The Kier molecular flexibility index (Phi) is 3.35. The molecule has 0 spiro atoms. The molecular weight excluding hydrogens is 290 g/mol. The van der Waals surface area contributed by atoms with Crippen molar-refractivity contribution in [1.82, 2.24) is 14.8 Å². The highest BCUT2D eigenvalue weighted by Crippen LogP contribution is 2.19. The number of benzene rings is 1. The minimum absolute atomic E-state index is 0.264. The van der Waals surface area contributed by atoms with Gasteiger partial charge in [-0.1, -0.05) is 11.6 Å². The topological polar surface area (TPSA) is 68.0 Å². The molecule has 21 heavy (non-hydrogen) atoms. The van der Waals surface area contributed by atoms with Gasteiger partial charge in [0.25, 0.3) is 0 Å². The van der Waals surface area contributed by atoms with Crippen molar-refractivity contribution < 1.29 is 9.90 Å². The second-order valence-electron chi connectivity index (χ2n) is 4.77. The van der Waals surface area contributed by atoms with Crippen LogP contribution in [0.15, 0.2) is 36.7 Å². The fourth-order valence-electron chi connectivity index (χ4n) is 2.25. The lowest BCUT2D eigenvalue weighted by Gasteiger charge is -2.07. The number of nitrogens with zero attached hydrogens (tertiary/aromatic N) is 3. The van der Waals surface area contributed by atoms with Crippen molar-refractivity contribution in [3.8, 4) is 0 Å². The van der Waals surface area contributed by atoms with Crippen LogP contribution in [0.1, 0.15) is 21.6 Å². The lowest BCUT2D eigenvalue weighted by Crippen LogP contribution is -2.08. The highest BCUT2D eigenvalue weighted by molar-refractivity contribution is 6.31. The third kappa shape index (κ3) is 2.60. The molecule has 3 aromatic rings. The number of fused-ring (bicyclic) bond motifs is 1. The Bertz CT molecular complexity index is 842. The number of carbonyl (C=O) groups is 1. The van der Waals surface area contributed by atoms with E-state index in [1.54, 1.807) is 17.7 Å². The van der Waals surface area contributed by atoms with Gasteiger partial charge in [0, 0.05) is 22.8 Å². The lowest BCUT2D eigenvalue weighted by molar-refractivity contribution is 0.0695.